The van der Waals surface area contributed by atoms with Crippen molar-refractivity contribution < 1.29 is 70.7 Å². The topological polar surface area (TPSA) is 374 Å². The highest BCUT2D eigenvalue weighted by Gasteiger charge is 2.36. The van der Waals surface area contributed by atoms with E-state index in [0.717, 1.165) is 162 Å². The van der Waals surface area contributed by atoms with Crippen LogP contribution in [0.4, 0.5) is 59.2 Å². The number of likely N-dealkylation sites (tertiary alicyclic amines) is 1. The maximum Gasteiger partial charge on any atom is 0.244 e. The molecule has 0 amide bonds. The van der Waals surface area contributed by atoms with Gasteiger partial charge in [-0.25, -0.2) is 81.5 Å². The van der Waals surface area contributed by atoms with Crippen LogP contribution < -0.4 is 33.2 Å². The van der Waals surface area contributed by atoms with Crippen LogP contribution in [0.5, 0.6) is 0 Å². The third kappa shape index (κ3) is 26.4. The molecule has 5 saturated heterocycles. The van der Waals surface area contributed by atoms with Crippen molar-refractivity contribution in [1.29, 1.82) is 0 Å². The number of sulfonamides is 3. The van der Waals surface area contributed by atoms with Crippen molar-refractivity contribution in [2.24, 2.45) is 0 Å². The summed E-state index contributed by atoms with van der Waals surface area (Å²) in [4.78, 5) is 70.8. The first-order chi connectivity index (χ1) is 57.9. The Bertz CT molecular complexity index is 5370. The number of ether oxygens (including phenoxy) is 1. The van der Waals surface area contributed by atoms with Gasteiger partial charge in [-0.15, -0.1) is 35.3 Å². The molecule has 0 bridgehead atoms. The summed E-state index contributed by atoms with van der Waals surface area (Å²) >= 11 is 7.57. The second-order valence-corrected chi connectivity index (χ2v) is 41.3. The number of piperidine rings is 3. The number of nitrogen functional groups attached to an aromatic ring is 3. The summed E-state index contributed by atoms with van der Waals surface area (Å²) in [6, 6.07) is 19.9. The van der Waals surface area contributed by atoms with Crippen LogP contribution in [0.15, 0.2) is 139 Å². The number of ketones is 3. The number of anilines is 6. The number of rotatable bonds is 31. The fourth-order valence-electron chi connectivity index (χ4n) is 14.0. The fraction of sp³-hybridized carbons (Fsp3) is 0.451. The third-order valence-electron chi connectivity index (χ3n) is 20.7. The average Bonchev–Trinajstić information content (AvgIpc) is 1.79. The Morgan fingerprint density at radius 1 is 0.464 bits per heavy atom. The normalized spacial score (nSPS) is 16.7. The predicted octanol–water partition coefficient (Wildman–Crippen LogP) is 14.3. The number of hydrogen-bond donors (Lipinski definition) is 6. The molecular weight excluding hydrogens is 1800 g/mol. The number of carbonyl (C=O) groups excluding carboxylic acids is 3. The second kappa shape index (κ2) is 46.8. The van der Waals surface area contributed by atoms with Gasteiger partial charge in [0.2, 0.25) is 47.4 Å². The minimum atomic E-state index is -3.70. The average molecular weight is 1910 g/mol. The van der Waals surface area contributed by atoms with E-state index >= 15 is 0 Å². The zero-order valence-corrected chi connectivity index (χ0v) is 73.6. The SMILES string of the molecule is C.C.C.C.CN(C)CCCSc1ccc(S(=O)(=O)N2CCC(Nc3nc(N)c(C(=O)c4c(F)cccc4F)s3)CC2)cn1.CN1CCCC1CCSc1ccc(S(=O)(=O)N2CCC(Nc3nc(N)c(C(=O)c4c(F)cccc4F)s3)CC2)cn1.Nc1nc(NC2CCN(S(=O)(=O)c3ccc(SCCN4CCOCC4)nc3)CC2)sc1C(=O)c1c(F)cccc1F. The lowest BCUT2D eigenvalue weighted by Gasteiger charge is -2.31. The van der Waals surface area contributed by atoms with Crippen LogP contribution in [0.1, 0.15) is 140 Å². The van der Waals surface area contributed by atoms with Crippen molar-refractivity contribution in [3.05, 3.63) is 176 Å². The highest BCUT2D eigenvalue weighted by Crippen LogP contribution is 2.37. The number of halogens is 6. The van der Waals surface area contributed by atoms with E-state index in [1.807, 2.05) is 14.1 Å². The molecule has 3 aromatic carbocycles. The van der Waals surface area contributed by atoms with Gasteiger partial charge in [0.1, 0.15) is 81.7 Å². The van der Waals surface area contributed by atoms with E-state index in [4.69, 9.17) is 21.9 Å². The van der Waals surface area contributed by atoms with Gasteiger partial charge in [-0.3, -0.25) is 19.3 Å². The summed E-state index contributed by atoms with van der Waals surface area (Å²) in [6.07, 6.45) is 11.8. The molecular formula is C82H108F6N18O10S9. The molecule has 0 spiro atoms. The van der Waals surface area contributed by atoms with Gasteiger partial charge in [0, 0.05) is 119 Å². The molecule has 1 atom stereocenters. The Balaban J connectivity index is 0.000000229. The number of nitrogens with zero attached hydrogens (tertiary/aromatic N) is 12. The highest BCUT2D eigenvalue weighted by molar-refractivity contribution is 7.99. The van der Waals surface area contributed by atoms with Crippen LogP contribution >= 0.6 is 69.3 Å². The van der Waals surface area contributed by atoms with E-state index in [-0.39, 0.29) is 121 Å². The monoisotopic (exact) mass is 1910 g/mol. The molecule has 9 aromatic rings. The number of pyridine rings is 3. The molecule has 14 rings (SSSR count). The van der Waals surface area contributed by atoms with E-state index in [0.29, 0.717) is 73.1 Å². The van der Waals surface area contributed by atoms with Gasteiger partial charge in [0.15, 0.2) is 15.4 Å². The van der Waals surface area contributed by atoms with E-state index in [1.54, 1.807) is 71.7 Å². The van der Waals surface area contributed by atoms with Crippen molar-refractivity contribution in [3.8, 4) is 0 Å². The van der Waals surface area contributed by atoms with E-state index in [9.17, 15) is 66.0 Å². The molecule has 43 heteroatoms. The maximum atomic E-state index is 14.1. The lowest BCUT2D eigenvalue weighted by Crippen LogP contribution is -2.42. The van der Waals surface area contributed by atoms with Crippen LogP contribution in [-0.4, -0.2) is 248 Å². The molecule has 9 N–H and O–H groups in total. The summed E-state index contributed by atoms with van der Waals surface area (Å²) in [7, 11) is -4.88. The van der Waals surface area contributed by atoms with Gasteiger partial charge in [-0.1, -0.05) is 81.9 Å². The van der Waals surface area contributed by atoms with Crippen molar-refractivity contribution in [1.82, 2.24) is 57.5 Å². The molecule has 0 radical (unpaired) electrons. The van der Waals surface area contributed by atoms with Crippen LogP contribution in [-0.2, 0) is 34.8 Å². The molecule has 6 aromatic heterocycles. The van der Waals surface area contributed by atoms with Gasteiger partial charge in [-0.2, -0.15) is 12.9 Å². The van der Waals surface area contributed by atoms with Gasteiger partial charge >= 0.3 is 0 Å². The smallest absolute Gasteiger partial charge is 0.244 e. The Labute approximate surface area is 752 Å². The van der Waals surface area contributed by atoms with E-state index in [1.165, 1.54) is 62.5 Å². The molecule has 0 saturated carbocycles. The van der Waals surface area contributed by atoms with Crippen molar-refractivity contribution in [2.45, 2.75) is 148 Å². The molecule has 682 valence electrons. The maximum absolute atomic E-state index is 14.1. The quantitative estimate of drug-likeness (QED) is 0.0102. The number of morpholine rings is 1. The lowest BCUT2D eigenvalue weighted by atomic mass is 10.1. The molecule has 1 unspecified atom stereocenters. The Morgan fingerprint density at radius 2 is 0.784 bits per heavy atom. The number of nitrogens with one attached hydrogen (secondary N) is 3. The number of aromatic nitrogens is 6. The molecule has 11 heterocycles. The van der Waals surface area contributed by atoms with Crippen molar-refractivity contribution >= 4 is 150 Å². The molecule has 5 aliphatic heterocycles. The van der Waals surface area contributed by atoms with Gasteiger partial charge < -0.3 is 47.7 Å². The lowest BCUT2D eigenvalue weighted by molar-refractivity contribution is 0.0410. The molecule has 5 aliphatic rings. The van der Waals surface area contributed by atoms with Crippen molar-refractivity contribution in [3.63, 3.8) is 0 Å². The molecule has 125 heavy (non-hydrogen) atoms. The van der Waals surface area contributed by atoms with E-state index in [2.05, 4.69) is 67.6 Å². The summed E-state index contributed by atoms with van der Waals surface area (Å²) in [6.45, 7) is 8.12. The van der Waals surface area contributed by atoms with Crippen LogP contribution in [0.25, 0.3) is 0 Å². The first kappa shape index (κ1) is 102. The highest BCUT2D eigenvalue weighted by atomic mass is 32.2. The molecule has 28 nitrogen and oxygen atoms in total. The van der Waals surface area contributed by atoms with Gasteiger partial charge in [-0.05, 0) is 171 Å². The molecule has 0 aliphatic carbocycles. The first-order valence-electron chi connectivity index (χ1n) is 38.9. The molecule has 5 fully saturated rings. The van der Waals surface area contributed by atoms with Crippen LogP contribution in [0.2, 0.25) is 0 Å². The van der Waals surface area contributed by atoms with E-state index < -0.39 is 99.0 Å². The first-order valence-corrected chi connectivity index (χ1v) is 48.6. The third-order valence-corrected chi connectivity index (χ3v) is 32.2. The van der Waals surface area contributed by atoms with Gasteiger partial charge in [0.25, 0.3) is 0 Å². The predicted molar refractivity (Wildman–Crippen MR) is 488 cm³/mol. The summed E-state index contributed by atoms with van der Waals surface area (Å²) in [5.41, 5.74) is 15.6. The number of nitrogens with two attached hydrogens (primary N) is 3. The summed E-state index contributed by atoms with van der Waals surface area (Å²) in [5.74, 6) is -6.12. The minimum Gasteiger partial charge on any atom is -0.382 e. The van der Waals surface area contributed by atoms with Crippen LogP contribution in [0, 0.1) is 34.9 Å². The second-order valence-electron chi connectivity index (χ2n) is 29.2. The standard InChI is InChI=1S/C27H32F2N6O3S3.C26H30F2N6O4S3.C25H30F2N6O3S3.4CH4/c1-34-12-3-4-18(34)11-15-39-22-8-7-19(16-31-22)41(37,38)35-13-9-17(10-14-35)32-27-33-26(30)25(40-27)24(36)23-20(28)5-2-6-21(23)29;27-19-2-1-3-20(28)22(19)23(35)24-25(29)32-26(40-24)31-17-6-8-34(9-7-17)41(36,37)18-4-5-21(30-16-18)39-15-12-33-10-13-38-14-11-33;1-32(2)11-4-14-37-20-8-7-17(15-29-20)39(35,36)33-12-9-16(10-13-33)30-25-31-24(28)23(38-25)22(34)21-18(26)5-3-6-19(21)27;;;;/h2,5-8,16-18H,3-4,9-15,30H2,1H3,(H,32,33);1-5,16-17H,6-15,29H2,(H,31,32);3,5-8,15-16H,4,9-14,28H2,1-2H3,(H,30,31);4*1H4. The fourth-order valence-corrected chi connectivity index (χ4v) is 23.5. The number of benzene rings is 3. The Morgan fingerprint density at radius 3 is 1.08 bits per heavy atom. The minimum absolute atomic E-state index is 0. The Kier molecular flexibility index (Phi) is 38.4. The number of thioether (sulfide) groups is 3. The number of thiazole rings is 3. The van der Waals surface area contributed by atoms with Crippen LogP contribution in [0.3, 0.4) is 0 Å². The summed E-state index contributed by atoms with van der Waals surface area (Å²) < 4.78 is 173. The zero-order chi connectivity index (χ0) is 86.3. The largest absolute Gasteiger partial charge is 0.382 e. The summed E-state index contributed by atoms with van der Waals surface area (Å²) in [5, 5.41) is 12.9. The zero-order valence-electron chi connectivity index (χ0n) is 66.2. The Hall–Kier alpha value is -7.99. The number of hydrogen-bond acceptors (Lipinski definition) is 31. The van der Waals surface area contributed by atoms with Gasteiger partial charge in [0.05, 0.1) is 45.0 Å². The number of carbonyl (C=O) groups is 3. The van der Waals surface area contributed by atoms with Crippen molar-refractivity contribution in [2.75, 3.05) is 157 Å².